The summed E-state index contributed by atoms with van der Waals surface area (Å²) in [5.41, 5.74) is 0. The summed E-state index contributed by atoms with van der Waals surface area (Å²) in [5, 5.41) is 12.2. The standard InChI is InChI=1S/C10H21NO3/c1-4-8(2)9(7-12)11-6-5-10(13)14-3/h8-9,11-12H,4-7H2,1-3H3/t8-,9+/m0/s1. The molecule has 14 heavy (non-hydrogen) atoms. The van der Waals surface area contributed by atoms with Crippen LogP contribution in [-0.2, 0) is 9.53 Å². The quantitative estimate of drug-likeness (QED) is 0.593. The smallest absolute Gasteiger partial charge is 0.306 e. The number of esters is 1. The predicted octanol–water partition coefficient (Wildman–Crippen LogP) is 0.546. The SMILES string of the molecule is CC[C@H](C)[C@@H](CO)NCCC(=O)OC. The lowest BCUT2D eigenvalue weighted by atomic mass is 10.00. The van der Waals surface area contributed by atoms with Gasteiger partial charge in [-0.3, -0.25) is 4.79 Å². The molecule has 0 fully saturated rings. The highest BCUT2D eigenvalue weighted by molar-refractivity contribution is 5.69. The molecule has 0 aliphatic rings. The zero-order valence-electron chi connectivity index (χ0n) is 9.25. The topological polar surface area (TPSA) is 58.6 Å². The fourth-order valence-corrected chi connectivity index (χ4v) is 1.19. The Hall–Kier alpha value is -0.610. The van der Waals surface area contributed by atoms with E-state index in [1.54, 1.807) is 0 Å². The fraction of sp³-hybridized carbons (Fsp3) is 0.900. The van der Waals surface area contributed by atoms with Crippen LogP contribution in [0.4, 0.5) is 0 Å². The summed E-state index contributed by atoms with van der Waals surface area (Å²) in [6.45, 7) is 4.82. The van der Waals surface area contributed by atoms with Gasteiger partial charge in [0.2, 0.25) is 0 Å². The normalized spacial score (nSPS) is 14.9. The number of hydrogen-bond donors (Lipinski definition) is 2. The van der Waals surface area contributed by atoms with Gasteiger partial charge in [0.1, 0.15) is 0 Å². The minimum Gasteiger partial charge on any atom is -0.469 e. The van der Waals surface area contributed by atoms with Crippen LogP contribution in [0.15, 0.2) is 0 Å². The van der Waals surface area contributed by atoms with Crippen LogP contribution in [0.25, 0.3) is 0 Å². The van der Waals surface area contributed by atoms with Crippen LogP contribution in [0.1, 0.15) is 26.7 Å². The van der Waals surface area contributed by atoms with Gasteiger partial charge in [0.25, 0.3) is 0 Å². The molecule has 0 aromatic carbocycles. The van der Waals surface area contributed by atoms with Crippen LogP contribution in [0.3, 0.4) is 0 Å². The van der Waals surface area contributed by atoms with Crippen molar-refractivity contribution in [3.05, 3.63) is 0 Å². The van der Waals surface area contributed by atoms with Gasteiger partial charge in [0.15, 0.2) is 0 Å². The number of ether oxygens (including phenoxy) is 1. The Morgan fingerprint density at radius 1 is 1.57 bits per heavy atom. The number of hydrogen-bond acceptors (Lipinski definition) is 4. The number of carbonyl (C=O) groups excluding carboxylic acids is 1. The van der Waals surface area contributed by atoms with Crippen molar-refractivity contribution in [1.29, 1.82) is 0 Å². The maximum atomic E-state index is 10.8. The van der Waals surface area contributed by atoms with Gasteiger partial charge in [-0.1, -0.05) is 20.3 Å². The number of aliphatic hydroxyl groups excluding tert-OH is 1. The largest absolute Gasteiger partial charge is 0.469 e. The molecule has 4 nitrogen and oxygen atoms in total. The molecule has 2 atom stereocenters. The lowest BCUT2D eigenvalue weighted by Gasteiger charge is -2.21. The minimum absolute atomic E-state index is 0.0738. The van der Waals surface area contributed by atoms with Crippen LogP contribution >= 0.6 is 0 Å². The molecule has 0 aliphatic heterocycles. The molecule has 0 aromatic heterocycles. The van der Waals surface area contributed by atoms with Gasteiger partial charge in [-0.15, -0.1) is 0 Å². The van der Waals surface area contributed by atoms with Crippen LogP contribution < -0.4 is 5.32 Å². The third-order valence-electron chi connectivity index (χ3n) is 2.49. The van der Waals surface area contributed by atoms with E-state index in [-0.39, 0.29) is 18.6 Å². The summed E-state index contributed by atoms with van der Waals surface area (Å²) >= 11 is 0. The van der Waals surface area contributed by atoms with Gasteiger partial charge in [0, 0.05) is 12.6 Å². The number of aliphatic hydroxyl groups is 1. The van der Waals surface area contributed by atoms with E-state index in [1.807, 2.05) is 0 Å². The number of methoxy groups -OCH3 is 1. The lowest BCUT2D eigenvalue weighted by Crippen LogP contribution is -2.39. The summed E-state index contributed by atoms with van der Waals surface area (Å²) in [6, 6.07) is 0.0738. The summed E-state index contributed by atoms with van der Waals surface area (Å²) in [7, 11) is 1.38. The summed E-state index contributed by atoms with van der Waals surface area (Å²) in [5.74, 6) is 0.191. The van der Waals surface area contributed by atoms with Crippen LogP contribution in [0.5, 0.6) is 0 Å². The second-order valence-corrected chi connectivity index (χ2v) is 3.45. The first-order valence-electron chi connectivity index (χ1n) is 5.06. The Kier molecular flexibility index (Phi) is 7.42. The van der Waals surface area contributed by atoms with Gasteiger partial charge in [-0.2, -0.15) is 0 Å². The van der Waals surface area contributed by atoms with Crippen LogP contribution in [-0.4, -0.2) is 37.4 Å². The molecular weight excluding hydrogens is 182 g/mol. The highest BCUT2D eigenvalue weighted by atomic mass is 16.5. The van der Waals surface area contributed by atoms with Crippen molar-refractivity contribution in [2.75, 3.05) is 20.3 Å². The molecule has 0 bridgehead atoms. The molecule has 0 radical (unpaired) electrons. The Morgan fingerprint density at radius 3 is 2.64 bits per heavy atom. The maximum Gasteiger partial charge on any atom is 0.306 e. The molecule has 0 aliphatic carbocycles. The molecule has 0 saturated heterocycles. The van der Waals surface area contributed by atoms with E-state index in [9.17, 15) is 4.79 Å². The average molecular weight is 203 g/mol. The molecule has 2 N–H and O–H groups in total. The van der Waals surface area contributed by atoms with Gasteiger partial charge < -0.3 is 15.2 Å². The van der Waals surface area contributed by atoms with Crippen molar-refractivity contribution in [2.45, 2.75) is 32.7 Å². The molecule has 0 aromatic rings. The van der Waals surface area contributed by atoms with E-state index in [4.69, 9.17) is 5.11 Å². The Bertz CT molecular complexity index is 161. The average Bonchev–Trinajstić information content (AvgIpc) is 2.22. The third kappa shape index (κ3) is 5.19. The van der Waals surface area contributed by atoms with Gasteiger partial charge >= 0.3 is 5.97 Å². The van der Waals surface area contributed by atoms with Crippen LogP contribution in [0.2, 0.25) is 0 Å². The first-order chi connectivity index (χ1) is 6.65. The van der Waals surface area contributed by atoms with Gasteiger partial charge in [-0.25, -0.2) is 0 Å². The second kappa shape index (κ2) is 7.76. The van der Waals surface area contributed by atoms with Crippen molar-refractivity contribution < 1.29 is 14.6 Å². The lowest BCUT2D eigenvalue weighted by molar-refractivity contribution is -0.140. The van der Waals surface area contributed by atoms with Gasteiger partial charge in [-0.05, 0) is 5.92 Å². The van der Waals surface area contributed by atoms with Gasteiger partial charge in [0.05, 0.1) is 20.1 Å². The number of nitrogens with one attached hydrogen (secondary N) is 1. The van der Waals surface area contributed by atoms with Crippen molar-refractivity contribution >= 4 is 5.97 Å². The highest BCUT2D eigenvalue weighted by Gasteiger charge is 2.13. The summed E-state index contributed by atoms with van der Waals surface area (Å²) < 4.78 is 4.51. The van der Waals surface area contributed by atoms with E-state index in [0.29, 0.717) is 18.9 Å². The molecule has 0 rings (SSSR count). The Labute approximate surface area is 85.6 Å². The molecule has 0 amide bonds. The van der Waals surface area contributed by atoms with E-state index < -0.39 is 0 Å². The predicted molar refractivity (Wildman–Crippen MR) is 55.0 cm³/mol. The molecule has 4 heteroatoms. The monoisotopic (exact) mass is 203 g/mol. The summed E-state index contributed by atoms with van der Waals surface area (Å²) in [4.78, 5) is 10.8. The van der Waals surface area contributed by atoms with Crippen molar-refractivity contribution in [3.8, 4) is 0 Å². The molecule has 0 saturated carbocycles. The minimum atomic E-state index is -0.224. The van der Waals surface area contributed by atoms with E-state index >= 15 is 0 Å². The van der Waals surface area contributed by atoms with Crippen LogP contribution in [0, 0.1) is 5.92 Å². The molecule has 0 unspecified atom stereocenters. The summed E-state index contributed by atoms with van der Waals surface area (Å²) in [6.07, 6.45) is 1.36. The van der Waals surface area contributed by atoms with E-state index in [1.165, 1.54) is 7.11 Å². The zero-order valence-corrected chi connectivity index (χ0v) is 9.25. The van der Waals surface area contributed by atoms with Crippen molar-refractivity contribution in [2.24, 2.45) is 5.92 Å². The molecule has 0 heterocycles. The van der Waals surface area contributed by atoms with Crippen molar-refractivity contribution in [1.82, 2.24) is 5.32 Å². The first kappa shape index (κ1) is 13.4. The maximum absolute atomic E-state index is 10.8. The Balaban J connectivity index is 3.67. The highest BCUT2D eigenvalue weighted by Crippen LogP contribution is 2.06. The van der Waals surface area contributed by atoms with Crippen molar-refractivity contribution in [3.63, 3.8) is 0 Å². The van der Waals surface area contributed by atoms with E-state index in [2.05, 4.69) is 23.9 Å². The number of carbonyl (C=O) groups is 1. The van der Waals surface area contributed by atoms with E-state index in [0.717, 1.165) is 6.42 Å². The number of rotatable bonds is 7. The third-order valence-corrected chi connectivity index (χ3v) is 2.49. The Morgan fingerprint density at radius 2 is 2.21 bits per heavy atom. The fourth-order valence-electron chi connectivity index (χ4n) is 1.19. The zero-order chi connectivity index (χ0) is 11.0. The first-order valence-corrected chi connectivity index (χ1v) is 5.06. The molecule has 0 spiro atoms. The molecule has 84 valence electrons. The second-order valence-electron chi connectivity index (χ2n) is 3.45. The molecular formula is C10H21NO3.